The lowest BCUT2D eigenvalue weighted by atomic mass is 10.1. The van der Waals surface area contributed by atoms with Crippen molar-refractivity contribution in [3.63, 3.8) is 0 Å². The molecule has 4 rings (SSSR count). The normalized spacial score (nSPS) is 11.0. The summed E-state index contributed by atoms with van der Waals surface area (Å²) in [5.74, 6) is -1.46. The summed E-state index contributed by atoms with van der Waals surface area (Å²) in [6.07, 6.45) is 1.19. The first-order valence-electron chi connectivity index (χ1n) is 12.3. The Bertz CT molecular complexity index is 1580. The molecular weight excluding hydrogens is 565 g/mol. The zero-order chi connectivity index (χ0) is 29.2. The van der Waals surface area contributed by atoms with Crippen LogP contribution in [-0.4, -0.2) is 30.6 Å². The average Bonchev–Trinajstić information content (AvgIpc) is 2.98. The molecule has 0 atom stereocenters. The van der Waals surface area contributed by atoms with Gasteiger partial charge >= 0.3 is 0 Å². The maximum absolute atomic E-state index is 14.5. The van der Waals surface area contributed by atoms with E-state index in [1.807, 2.05) is 6.07 Å². The van der Waals surface area contributed by atoms with Crippen molar-refractivity contribution in [1.29, 1.82) is 0 Å². The second-order valence-corrected chi connectivity index (χ2v) is 9.99. The van der Waals surface area contributed by atoms with Gasteiger partial charge in [-0.05, 0) is 60.7 Å². The van der Waals surface area contributed by atoms with E-state index in [1.165, 1.54) is 43.1 Å². The molecule has 208 valence electrons. The number of anilines is 2. The van der Waals surface area contributed by atoms with Gasteiger partial charge in [-0.1, -0.05) is 54.1 Å². The van der Waals surface area contributed by atoms with Crippen LogP contribution in [0.2, 0.25) is 5.02 Å². The van der Waals surface area contributed by atoms with Crippen LogP contribution in [0.4, 0.5) is 15.8 Å². The molecular formula is C31H25ClFN3O4S. The van der Waals surface area contributed by atoms with Crippen molar-refractivity contribution in [3.05, 3.63) is 125 Å². The number of carbonyl (C=O) groups is 3. The van der Waals surface area contributed by atoms with Crippen molar-refractivity contribution in [1.82, 2.24) is 5.32 Å². The van der Waals surface area contributed by atoms with Crippen molar-refractivity contribution < 1.29 is 23.5 Å². The minimum absolute atomic E-state index is 0.0435. The van der Waals surface area contributed by atoms with Crippen LogP contribution < -0.4 is 20.7 Å². The number of amides is 3. The quantitative estimate of drug-likeness (QED) is 0.143. The molecule has 0 aliphatic heterocycles. The second-order valence-electron chi connectivity index (χ2n) is 8.53. The van der Waals surface area contributed by atoms with Crippen molar-refractivity contribution in [3.8, 4) is 5.75 Å². The van der Waals surface area contributed by atoms with Gasteiger partial charge in [0.1, 0.15) is 17.3 Å². The lowest BCUT2D eigenvalue weighted by Crippen LogP contribution is -2.30. The van der Waals surface area contributed by atoms with Crippen LogP contribution in [0.3, 0.4) is 0 Å². The first-order valence-corrected chi connectivity index (χ1v) is 13.7. The van der Waals surface area contributed by atoms with E-state index < -0.39 is 17.6 Å². The third-order valence-electron chi connectivity index (χ3n) is 5.66. The first-order chi connectivity index (χ1) is 19.8. The SMILES string of the molecule is COc1ccccc1NC(=O)CSc1cccc(NC(=O)/C(=C\c2c(F)cccc2Cl)NC(=O)c2ccccc2)c1. The molecule has 10 heteroatoms. The van der Waals surface area contributed by atoms with Crippen molar-refractivity contribution in [2.24, 2.45) is 0 Å². The number of carbonyl (C=O) groups excluding carboxylic acids is 3. The van der Waals surface area contributed by atoms with E-state index in [1.54, 1.807) is 72.8 Å². The summed E-state index contributed by atoms with van der Waals surface area (Å²) in [6, 6.07) is 26.4. The van der Waals surface area contributed by atoms with Crippen LogP contribution >= 0.6 is 23.4 Å². The number of halogens is 2. The van der Waals surface area contributed by atoms with Crippen molar-refractivity contribution in [2.75, 3.05) is 23.5 Å². The van der Waals surface area contributed by atoms with Gasteiger partial charge in [0, 0.05) is 21.7 Å². The fourth-order valence-electron chi connectivity index (χ4n) is 3.68. The van der Waals surface area contributed by atoms with Crippen LogP contribution in [-0.2, 0) is 9.59 Å². The highest BCUT2D eigenvalue weighted by molar-refractivity contribution is 8.00. The van der Waals surface area contributed by atoms with Crippen molar-refractivity contribution >= 4 is 58.5 Å². The number of nitrogens with one attached hydrogen (secondary N) is 3. The Hall–Kier alpha value is -4.60. The Kier molecular flexibility index (Phi) is 10.1. The molecule has 0 aliphatic carbocycles. The van der Waals surface area contributed by atoms with E-state index >= 15 is 0 Å². The van der Waals surface area contributed by atoms with Gasteiger partial charge in [-0.2, -0.15) is 0 Å². The highest BCUT2D eigenvalue weighted by Crippen LogP contribution is 2.26. The Balaban J connectivity index is 1.48. The molecule has 0 spiro atoms. The molecule has 4 aromatic carbocycles. The summed E-state index contributed by atoms with van der Waals surface area (Å²) in [5.41, 5.74) is 1.03. The lowest BCUT2D eigenvalue weighted by molar-refractivity contribution is -0.114. The van der Waals surface area contributed by atoms with E-state index in [-0.39, 0.29) is 27.9 Å². The molecule has 0 saturated carbocycles. The molecule has 3 N–H and O–H groups in total. The van der Waals surface area contributed by atoms with Gasteiger partial charge in [0.25, 0.3) is 11.8 Å². The maximum Gasteiger partial charge on any atom is 0.272 e. The molecule has 41 heavy (non-hydrogen) atoms. The first kappa shape index (κ1) is 29.4. The summed E-state index contributed by atoms with van der Waals surface area (Å²) in [6.45, 7) is 0. The molecule has 0 heterocycles. The van der Waals surface area contributed by atoms with E-state index in [4.69, 9.17) is 16.3 Å². The Morgan fingerprint density at radius 2 is 1.63 bits per heavy atom. The molecule has 0 aromatic heterocycles. The highest BCUT2D eigenvalue weighted by Gasteiger charge is 2.17. The molecule has 0 radical (unpaired) electrons. The summed E-state index contributed by atoms with van der Waals surface area (Å²) in [7, 11) is 1.53. The third kappa shape index (κ3) is 8.20. The largest absolute Gasteiger partial charge is 0.495 e. The zero-order valence-corrected chi connectivity index (χ0v) is 23.4. The number of ether oxygens (including phenoxy) is 1. The number of rotatable bonds is 10. The van der Waals surface area contributed by atoms with E-state index in [0.717, 1.165) is 0 Å². The number of benzene rings is 4. The van der Waals surface area contributed by atoms with Gasteiger partial charge in [0.05, 0.1) is 23.6 Å². The maximum atomic E-state index is 14.5. The summed E-state index contributed by atoms with van der Waals surface area (Å²) < 4.78 is 19.8. The number of hydrogen-bond acceptors (Lipinski definition) is 5. The molecule has 4 aromatic rings. The van der Waals surface area contributed by atoms with Crippen LogP contribution in [0.1, 0.15) is 15.9 Å². The second kappa shape index (κ2) is 14.2. The van der Waals surface area contributed by atoms with E-state index in [2.05, 4.69) is 16.0 Å². The van der Waals surface area contributed by atoms with E-state index in [0.29, 0.717) is 27.6 Å². The molecule has 3 amide bonds. The summed E-state index contributed by atoms with van der Waals surface area (Å²) in [4.78, 5) is 39.4. The van der Waals surface area contributed by atoms with Crippen LogP contribution in [0.15, 0.2) is 108 Å². The van der Waals surface area contributed by atoms with Crippen LogP contribution in [0, 0.1) is 5.82 Å². The van der Waals surface area contributed by atoms with E-state index in [9.17, 15) is 18.8 Å². The van der Waals surface area contributed by atoms with Gasteiger partial charge < -0.3 is 20.7 Å². The van der Waals surface area contributed by atoms with Gasteiger partial charge in [-0.3, -0.25) is 14.4 Å². The topological polar surface area (TPSA) is 96.5 Å². The van der Waals surface area contributed by atoms with Gasteiger partial charge in [-0.15, -0.1) is 11.8 Å². The minimum atomic E-state index is -0.690. The summed E-state index contributed by atoms with van der Waals surface area (Å²) in [5, 5.41) is 8.17. The van der Waals surface area contributed by atoms with Gasteiger partial charge in [0.2, 0.25) is 5.91 Å². The standard InChI is InChI=1S/C31H25ClFN3O4S/c1-40-28-16-6-5-15-26(28)35-29(37)19-41-22-12-7-11-21(17-22)34-31(39)27(18-23-24(32)13-8-14-25(23)33)36-30(38)20-9-3-2-4-10-20/h2-18H,19H2,1H3,(H,34,39)(H,35,37)(H,36,38)/b27-18+. The summed E-state index contributed by atoms with van der Waals surface area (Å²) >= 11 is 7.44. The monoisotopic (exact) mass is 589 g/mol. The predicted octanol–water partition coefficient (Wildman–Crippen LogP) is 6.63. The molecule has 0 aliphatic rings. The minimum Gasteiger partial charge on any atom is -0.495 e. The number of para-hydroxylation sites is 2. The van der Waals surface area contributed by atoms with Gasteiger partial charge in [0.15, 0.2) is 0 Å². The fraction of sp³-hybridized carbons (Fsp3) is 0.0645. The number of hydrogen-bond donors (Lipinski definition) is 3. The Labute approximate surface area is 245 Å². The third-order valence-corrected chi connectivity index (χ3v) is 6.98. The molecule has 0 fully saturated rings. The van der Waals surface area contributed by atoms with Gasteiger partial charge in [-0.25, -0.2) is 4.39 Å². The smallest absolute Gasteiger partial charge is 0.272 e. The van der Waals surface area contributed by atoms with Crippen LogP contribution in [0.25, 0.3) is 6.08 Å². The van der Waals surface area contributed by atoms with Crippen LogP contribution in [0.5, 0.6) is 5.75 Å². The fourth-order valence-corrected chi connectivity index (χ4v) is 4.65. The molecule has 7 nitrogen and oxygen atoms in total. The number of thioether (sulfide) groups is 1. The zero-order valence-electron chi connectivity index (χ0n) is 21.8. The average molecular weight is 590 g/mol. The molecule has 0 unspecified atom stereocenters. The lowest BCUT2D eigenvalue weighted by Gasteiger charge is -2.13. The predicted molar refractivity (Wildman–Crippen MR) is 161 cm³/mol. The molecule has 0 bridgehead atoms. The Morgan fingerprint density at radius 1 is 0.902 bits per heavy atom. The number of methoxy groups -OCH3 is 1. The highest BCUT2D eigenvalue weighted by atomic mass is 35.5. The molecule has 0 saturated heterocycles. The van der Waals surface area contributed by atoms with Crippen molar-refractivity contribution in [2.45, 2.75) is 4.90 Å². The Morgan fingerprint density at radius 3 is 2.39 bits per heavy atom.